The smallest absolute Gasteiger partial charge is 0.0896 e. The van der Waals surface area contributed by atoms with Gasteiger partial charge in [0, 0.05) is 17.2 Å². The van der Waals surface area contributed by atoms with E-state index in [4.69, 9.17) is 5.73 Å². The van der Waals surface area contributed by atoms with Gasteiger partial charge in [0.1, 0.15) is 0 Å². The quantitative estimate of drug-likeness (QED) is 0.708. The van der Waals surface area contributed by atoms with Crippen molar-refractivity contribution in [2.24, 2.45) is 5.73 Å². The molecule has 18 heavy (non-hydrogen) atoms. The zero-order valence-electron chi connectivity index (χ0n) is 11.5. The lowest BCUT2D eigenvalue weighted by Gasteiger charge is -2.28. The van der Waals surface area contributed by atoms with Gasteiger partial charge in [-0.15, -0.1) is 11.8 Å². The predicted octanol–water partition coefficient (Wildman–Crippen LogP) is 3.53. The Morgan fingerprint density at radius 1 is 1.22 bits per heavy atom. The molecule has 0 unspecified atom stereocenters. The monoisotopic (exact) mass is 267 g/mol. The fraction of sp³-hybridized carbons (Fsp3) is 0.600. The van der Waals surface area contributed by atoms with E-state index >= 15 is 0 Å². The van der Waals surface area contributed by atoms with Crippen molar-refractivity contribution >= 4 is 11.8 Å². The number of benzene rings is 1. The predicted molar refractivity (Wildman–Crippen MR) is 79.9 cm³/mol. The Hall–Kier alpha value is -0.510. The van der Waals surface area contributed by atoms with Crippen LogP contribution in [0.5, 0.6) is 0 Å². The fourth-order valence-corrected chi connectivity index (χ4v) is 3.03. The number of aliphatic hydroxyl groups is 1. The van der Waals surface area contributed by atoms with Crippen LogP contribution in [-0.2, 0) is 5.60 Å². The molecule has 0 atom stereocenters. The van der Waals surface area contributed by atoms with E-state index in [0.717, 1.165) is 37.0 Å². The van der Waals surface area contributed by atoms with Gasteiger partial charge >= 0.3 is 0 Å². The summed E-state index contributed by atoms with van der Waals surface area (Å²) in [6, 6.07) is 8.27. The molecule has 0 aliphatic carbocycles. The second-order valence-corrected chi connectivity index (χ2v) is 5.86. The molecule has 0 spiro atoms. The third kappa shape index (κ3) is 4.30. The number of hydrogen-bond acceptors (Lipinski definition) is 3. The lowest BCUT2D eigenvalue weighted by Crippen LogP contribution is -2.25. The first kappa shape index (κ1) is 15.5. The largest absolute Gasteiger partial charge is 0.385 e. The maximum atomic E-state index is 10.8. The molecule has 1 aromatic rings. The highest BCUT2D eigenvalue weighted by molar-refractivity contribution is 7.99. The summed E-state index contributed by atoms with van der Waals surface area (Å²) >= 11 is 1.75. The Morgan fingerprint density at radius 2 is 1.89 bits per heavy atom. The highest BCUT2D eigenvalue weighted by atomic mass is 32.2. The van der Waals surface area contributed by atoms with Crippen molar-refractivity contribution in [3.63, 3.8) is 0 Å². The van der Waals surface area contributed by atoms with Crippen LogP contribution in [-0.4, -0.2) is 17.4 Å². The van der Waals surface area contributed by atoms with E-state index in [1.807, 2.05) is 12.1 Å². The SMILES string of the molecule is CCCC(O)(CCC)c1cccc(SCCN)c1. The van der Waals surface area contributed by atoms with Crippen molar-refractivity contribution in [1.82, 2.24) is 0 Å². The third-order valence-corrected chi connectivity index (χ3v) is 4.11. The summed E-state index contributed by atoms with van der Waals surface area (Å²) in [5, 5.41) is 10.8. The lowest BCUT2D eigenvalue weighted by molar-refractivity contribution is 0.0168. The molecule has 0 bridgehead atoms. The van der Waals surface area contributed by atoms with Gasteiger partial charge in [-0.05, 0) is 30.5 Å². The molecular weight excluding hydrogens is 242 g/mol. The minimum atomic E-state index is -0.664. The number of rotatable bonds is 8. The molecule has 0 saturated carbocycles. The van der Waals surface area contributed by atoms with E-state index in [0.29, 0.717) is 6.54 Å². The zero-order chi connectivity index (χ0) is 13.4. The van der Waals surface area contributed by atoms with Crippen molar-refractivity contribution in [1.29, 1.82) is 0 Å². The van der Waals surface area contributed by atoms with Crippen molar-refractivity contribution in [3.8, 4) is 0 Å². The average Bonchev–Trinajstić information content (AvgIpc) is 2.37. The Kier molecular flexibility index (Phi) is 6.76. The van der Waals surface area contributed by atoms with Gasteiger partial charge in [-0.2, -0.15) is 0 Å². The van der Waals surface area contributed by atoms with Crippen LogP contribution >= 0.6 is 11.8 Å². The zero-order valence-corrected chi connectivity index (χ0v) is 12.3. The highest BCUT2D eigenvalue weighted by Gasteiger charge is 2.27. The van der Waals surface area contributed by atoms with Crippen LogP contribution in [0.4, 0.5) is 0 Å². The molecule has 0 saturated heterocycles. The molecule has 0 radical (unpaired) electrons. The van der Waals surface area contributed by atoms with Crippen molar-refractivity contribution in [3.05, 3.63) is 29.8 Å². The van der Waals surface area contributed by atoms with Crippen molar-refractivity contribution in [2.45, 2.75) is 50.0 Å². The Labute approximate surface area is 115 Å². The standard InChI is InChI=1S/C15H25NOS/c1-3-8-15(17,9-4-2)13-6-5-7-14(12-13)18-11-10-16/h5-7,12,17H,3-4,8-11,16H2,1-2H3. The molecule has 1 rings (SSSR count). The minimum Gasteiger partial charge on any atom is -0.385 e. The van der Waals surface area contributed by atoms with Gasteiger partial charge < -0.3 is 10.8 Å². The molecule has 0 aromatic heterocycles. The van der Waals surface area contributed by atoms with Crippen LogP contribution in [0.25, 0.3) is 0 Å². The van der Waals surface area contributed by atoms with Gasteiger partial charge in [-0.25, -0.2) is 0 Å². The van der Waals surface area contributed by atoms with Crippen LogP contribution in [0.1, 0.15) is 45.1 Å². The van der Waals surface area contributed by atoms with Crippen LogP contribution in [0.3, 0.4) is 0 Å². The highest BCUT2D eigenvalue weighted by Crippen LogP contribution is 2.33. The van der Waals surface area contributed by atoms with E-state index < -0.39 is 5.60 Å². The summed E-state index contributed by atoms with van der Waals surface area (Å²) in [5.74, 6) is 0.920. The van der Waals surface area contributed by atoms with E-state index in [9.17, 15) is 5.11 Å². The molecule has 0 aliphatic rings. The van der Waals surface area contributed by atoms with Crippen molar-refractivity contribution in [2.75, 3.05) is 12.3 Å². The normalized spacial score (nSPS) is 11.8. The molecular formula is C15H25NOS. The van der Waals surface area contributed by atoms with Gasteiger partial charge in [-0.1, -0.05) is 38.8 Å². The van der Waals surface area contributed by atoms with Gasteiger partial charge in [-0.3, -0.25) is 0 Å². The molecule has 1 aromatic carbocycles. The summed E-state index contributed by atoms with van der Waals surface area (Å²) in [5.41, 5.74) is 5.91. The maximum absolute atomic E-state index is 10.8. The fourth-order valence-electron chi connectivity index (χ4n) is 2.29. The molecule has 102 valence electrons. The summed E-state index contributed by atoms with van der Waals surface area (Å²) in [6.45, 7) is 4.92. The molecule has 2 nitrogen and oxygen atoms in total. The van der Waals surface area contributed by atoms with E-state index in [2.05, 4.69) is 26.0 Å². The molecule has 0 fully saturated rings. The van der Waals surface area contributed by atoms with Gasteiger partial charge in [0.2, 0.25) is 0 Å². The summed E-state index contributed by atoms with van der Waals surface area (Å²) in [4.78, 5) is 1.20. The Balaban J connectivity index is 2.90. The topological polar surface area (TPSA) is 46.2 Å². The van der Waals surface area contributed by atoms with E-state index in [-0.39, 0.29) is 0 Å². The first-order valence-electron chi connectivity index (χ1n) is 6.82. The average molecular weight is 267 g/mol. The van der Waals surface area contributed by atoms with Gasteiger partial charge in [0.05, 0.1) is 5.60 Å². The number of hydrogen-bond donors (Lipinski definition) is 2. The third-order valence-electron chi connectivity index (χ3n) is 3.09. The van der Waals surface area contributed by atoms with Crippen LogP contribution < -0.4 is 5.73 Å². The lowest BCUT2D eigenvalue weighted by atomic mass is 9.85. The summed E-state index contributed by atoms with van der Waals surface area (Å²) in [7, 11) is 0. The number of thioether (sulfide) groups is 1. The number of nitrogens with two attached hydrogens (primary N) is 1. The summed E-state index contributed by atoms with van der Waals surface area (Å²) < 4.78 is 0. The molecule has 0 amide bonds. The van der Waals surface area contributed by atoms with Crippen LogP contribution in [0.2, 0.25) is 0 Å². The molecule has 0 aliphatic heterocycles. The second kappa shape index (κ2) is 7.82. The van der Waals surface area contributed by atoms with Crippen LogP contribution in [0, 0.1) is 0 Å². The first-order valence-corrected chi connectivity index (χ1v) is 7.80. The maximum Gasteiger partial charge on any atom is 0.0896 e. The first-order chi connectivity index (χ1) is 8.66. The molecule has 0 heterocycles. The van der Waals surface area contributed by atoms with Gasteiger partial charge in [0.25, 0.3) is 0 Å². The van der Waals surface area contributed by atoms with Crippen molar-refractivity contribution < 1.29 is 5.11 Å². The van der Waals surface area contributed by atoms with Crippen LogP contribution in [0.15, 0.2) is 29.2 Å². The minimum absolute atomic E-state index is 0.664. The Bertz CT molecular complexity index is 348. The second-order valence-electron chi connectivity index (χ2n) is 4.70. The Morgan fingerprint density at radius 3 is 2.44 bits per heavy atom. The summed E-state index contributed by atoms with van der Waals surface area (Å²) in [6.07, 6.45) is 3.64. The molecule has 3 N–H and O–H groups in total. The van der Waals surface area contributed by atoms with E-state index in [1.54, 1.807) is 11.8 Å². The molecule has 3 heteroatoms. The van der Waals surface area contributed by atoms with Gasteiger partial charge in [0.15, 0.2) is 0 Å². The van der Waals surface area contributed by atoms with E-state index in [1.165, 1.54) is 4.90 Å².